The molecule has 148 valence electrons. The lowest BCUT2D eigenvalue weighted by Crippen LogP contribution is -2.31. The zero-order valence-corrected chi connectivity index (χ0v) is 18.2. The Balaban J connectivity index is 1.83. The lowest BCUT2D eigenvalue weighted by atomic mass is 9.87. The largest absolute Gasteiger partial charge is 0.212 e. The van der Waals surface area contributed by atoms with Crippen LogP contribution >= 0.6 is 0 Å². The molecule has 30 heavy (non-hydrogen) atoms. The van der Waals surface area contributed by atoms with E-state index in [1.807, 2.05) is 0 Å². The summed E-state index contributed by atoms with van der Waals surface area (Å²) < 4.78 is 2.26. The summed E-state index contributed by atoms with van der Waals surface area (Å²) >= 11 is 0. The molecule has 3 aromatic carbocycles. The van der Waals surface area contributed by atoms with Crippen LogP contribution in [0.2, 0.25) is 0 Å². The van der Waals surface area contributed by atoms with E-state index in [1.165, 1.54) is 55.8 Å². The van der Waals surface area contributed by atoms with E-state index in [0.29, 0.717) is 5.92 Å². The first-order valence-electron chi connectivity index (χ1n) is 10.8. The van der Waals surface area contributed by atoms with Crippen molar-refractivity contribution in [3.05, 3.63) is 101 Å². The van der Waals surface area contributed by atoms with Gasteiger partial charge in [-0.15, -0.1) is 0 Å². The van der Waals surface area contributed by atoms with Crippen molar-refractivity contribution in [3.8, 4) is 33.5 Å². The number of benzene rings is 3. The summed E-state index contributed by atoms with van der Waals surface area (Å²) in [7, 11) is 2.16. The van der Waals surface area contributed by atoms with Crippen LogP contribution in [-0.4, -0.2) is 0 Å². The minimum Gasteiger partial charge on any atom is -0.201 e. The fourth-order valence-electron chi connectivity index (χ4n) is 4.80. The standard InChI is InChI=1S/C29H28N/c1-19(2)22-14-15-30(4)28(17-22)25-18-27(21-10-6-5-7-11-21)29-24-13-9-8-12-23(24)16-26(29)20(25)3/h5-15,17-19H,16H2,1-4H3/q+1. The van der Waals surface area contributed by atoms with E-state index in [-0.39, 0.29) is 0 Å². The van der Waals surface area contributed by atoms with Gasteiger partial charge in [-0.2, -0.15) is 0 Å². The Morgan fingerprint density at radius 1 is 0.800 bits per heavy atom. The van der Waals surface area contributed by atoms with Crippen LogP contribution in [0.1, 0.15) is 42.0 Å². The Morgan fingerprint density at radius 2 is 1.53 bits per heavy atom. The Morgan fingerprint density at radius 3 is 2.30 bits per heavy atom. The monoisotopic (exact) mass is 390 g/mol. The lowest BCUT2D eigenvalue weighted by Gasteiger charge is -2.17. The third-order valence-electron chi connectivity index (χ3n) is 6.57. The minimum absolute atomic E-state index is 0.512. The molecule has 1 aliphatic carbocycles. The van der Waals surface area contributed by atoms with Gasteiger partial charge in [0.05, 0.1) is 0 Å². The van der Waals surface area contributed by atoms with E-state index in [0.717, 1.165) is 6.42 Å². The average molecular weight is 391 g/mol. The zero-order chi connectivity index (χ0) is 20.8. The maximum absolute atomic E-state index is 2.42. The second-order valence-electron chi connectivity index (χ2n) is 8.76. The maximum Gasteiger partial charge on any atom is 0.212 e. The molecule has 0 spiro atoms. The molecule has 1 nitrogen and oxygen atoms in total. The first kappa shape index (κ1) is 18.8. The molecule has 5 rings (SSSR count). The summed E-state index contributed by atoms with van der Waals surface area (Å²) in [5.41, 5.74) is 13.8. The van der Waals surface area contributed by atoms with Crippen LogP contribution in [0, 0.1) is 6.92 Å². The topological polar surface area (TPSA) is 3.88 Å². The van der Waals surface area contributed by atoms with Crippen LogP contribution in [0.15, 0.2) is 79.0 Å². The summed E-state index contributed by atoms with van der Waals surface area (Å²) in [6.07, 6.45) is 3.22. The van der Waals surface area contributed by atoms with Crippen molar-refractivity contribution in [2.45, 2.75) is 33.1 Å². The number of hydrogen-bond acceptors (Lipinski definition) is 0. The summed E-state index contributed by atoms with van der Waals surface area (Å²) in [5.74, 6) is 0.512. The molecule has 0 fully saturated rings. The predicted molar refractivity (Wildman–Crippen MR) is 126 cm³/mol. The van der Waals surface area contributed by atoms with Crippen LogP contribution in [0.25, 0.3) is 33.5 Å². The highest BCUT2D eigenvalue weighted by Gasteiger charge is 2.27. The van der Waals surface area contributed by atoms with Crippen LogP contribution in [-0.2, 0) is 13.5 Å². The summed E-state index contributed by atoms with van der Waals surface area (Å²) in [4.78, 5) is 0. The average Bonchev–Trinajstić information content (AvgIpc) is 3.15. The molecule has 0 N–H and O–H groups in total. The number of nitrogens with zero attached hydrogens (tertiary/aromatic N) is 1. The van der Waals surface area contributed by atoms with E-state index < -0.39 is 0 Å². The van der Waals surface area contributed by atoms with Crippen molar-refractivity contribution in [1.82, 2.24) is 0 Å². The fourth-order valence-corrected chi connectivity index (χ4v) is 4.80. The van der Waals surface area contributed by atoms with E-state index in [2.05, 4.69) is 111 Å². The van der Waals surface area contributed by atoms with E-state index in [9.17, 15) is 0 Å². The molecule has 1 heterocycles. The molecule has 4 aromatic rings. The summed E-state index contributed by atoms with van der Waals surface area (Å²) in [6, 6.07) is 26.8. The van der Waals surface area contributed by atoms with Gasteiger partial charge in [-0.1, -0.05) is 68.4 Å². The molecule has 0 bridgehead atoms. The highest BCUT2D eigenvalue weighted by molar-refractivity contribution is 5.94. The van der Waals surface area contributed by atoms with Gasteiger partial charge in [0.25, 0.3) is 0 Å². The molecular weight excluding hydrogens is 362 g/mol. The van der Waals surface area contributed by atoms with Gasteiger partial charge >= 0.3 is 0 Å². The molecule has 0 radical (unpaired) electrons. The van der Waals surface area contributed by atoms with E-state index in [4.69, 9.17) is 0 Å². The number of aryl methyl sites for hydroxylation is 1. The third-order valence-corrected chi connectivity index (χ3v) is 6.57. The van der Waals surface area contributed by atoms with Crippen molar-refractivity contribution in [2.75, 3.05) is 0 Å². The van der Waals surface area contributed by atoms with Gasteiger partial charge in [0.15, 0.2) is 6.20 Å². The maximum atomic E-state index is 2.42. The van der Waals surface area contributed by atoms with Crippen molar-refractivity contribution in [1.29, 1.82) is 0 Å². The molecule has 1 heteroatoms. The van der Waals surface area contributed by atoms with Gasteiger partial charge in [0, 0.05) is 17.7 Å². The van der Waals surface area contributed by atoms with E-state index in [1.54, 1.807) is 0 Å². The zero-order valence-electron chi connectivity index (χ0n) is 18.2. The molecule has 0 saturated carbocycles. The van der Waals surface area contributed by atoms with Crippen molar-refractivity contribution in [2.24, 2.45) is 7.05 Å². The summed E-state index contributed by atoms with van der Waals surface area (Å²) in [5, 5.41) is 0. The molecule has 1 aliphatic rings. The molecular formula is C29H28N+. The van der Waals surface area contributed by atoms with Crippen LogP contribution < -0.4 is 4.57 Å². The first-order chi connectivity index (χ1) is 14.5. The van der Waals surface area contributed by atoms with Crippen molar-refractivity contribution >= 4 is 0 Å². The number of aromatic nitrogens is 1. The van der Waals surface area contributed by atoms with Gasteiger partial charge in [0.2, 0.25) is 5.69 Å². The van der Waals surface area contributed by atoms with Gasteiger partial charge in [-0.25, -0.2) is 4.57 Å². The Labute approximate surface area is 179 Å². The first-order valence-corrected chi connectivity index (χ1v) is 10.8. The second kappa shape index (κ2) is 7.25. The molecule has 0 aliphatic heterocycles. The van der Waals surface area contributed by atoms with Gasteiger partial charge in [0.1, 0.15) is 7.05 Å². The predicted octanol–water partition coefficient (Wildman–Crippen LogP) is 6.85. The highest BCUT2D eigenvalue weighted by atomic mass is 14.9. The van der Waals surface area contributed by atoms with Crippen LogP contribution in [0.3, 0.4) is 0 Å². The molecule has 0 atom stereocenters. The van der Waals surface area contributed by atoms with E-state index >= 15 is 0 Å². The number of hydrogen-bond donors (Lipinski definition) is 0. The van der Waals surface area contributed by atoms with Gasteiger partial charge < -0.3 is 0 Å². The van der Waals surface area contributed by atoms with Gasteiger partial charge in [-0.05, 0) is 69.8 Å². The highest BCUT2D eigenvalue weighted by Crippen LogP contribution is 2.47. The Kier molecular flexibility index (Phi) is 4.55. The smallest absolute Gasteiger partial charge is 0.201 e. The number of fused-ring (bicyclic) bond motifs is 3. The quantitative estimate of drug-likeness (QED) is 0.297. The molecule has 1 aromatic heterocycles. The second-order valence-corrected chi connectivity index (χ2v) is 8.76. The minimum atomic E-state index is 0.512. The number of rotatable bonds is 3. The Hall–Kier alpha value is -3.19. The molecule has 0 saturated heterocycles. The molecule has 0 amide bonds. The normalized spacial score (nSPS) is 12.2. The lowest BCUT2D eigenvalue weighted by molar-refractivity contribution is -0.660. The summed E-state index contributed by atoms with van der Waals surface area (Å²) in [6.45, 7) is 6.83. The molecule has 0 unspecified atom stereocenters. The van der Waals surface area contributed by atoms with Crippen molar-refractivity contribution < 1.29 is 4.57 Å². The SMILES string of the molecule is Cc1c(-c2cc(C(C)C)cc[n+]2C)cc(-c2ccccc2)c2c1Cc1ccccc1-2. The fraction of sp³-hybridized carbons (Fsp3) is 0.207. The number of pyridine rings is 1. The Bertz CT molecular complexity index is 1250. The van der Waals surface area contributed by atoms with Gasteiger partial charge in [-0.3, -0.25) is 0 Å². The van der Waals surface area contributed by atoms with Crippen LogP contribution in [0.5, 0.6) is 0 Å². The third kappa shape index (κ3) is 2.97. The van der Waals surface area contributed by atoms with Crippen LogP contribution in [0.4, 0.5) is 0 Å². The van der Waals surface area contributed by atoms with Crippen molar-refractivity contribution in [3.63, 3.8) is 0 Å².